The maximum absolute atomic E-state index is 13.9. The Bertz CT molecular complexity index is 923. The molecule has 7 nitrogen and oxygen atoms in total. The summed E-state index contributed by atoms with van der Waals surface area (Å²) in [5.41, 5.74) is -0.585. The van der Waals surface area contributed by atoms with Gasteiger partial charge in [-0.2, -0.15) is 0 Å². The highest BCUT2D eigenvalue weighted by Gasteiger charge is 2.56. The van der Waals surface area contributed by atoms with Crippen molar-refractivity contribution in [3.05, 3.63) is 29.8 Å². The second kappa shape index (κ2) is 9.04. The quantitative estimate of drug-likeness (QED) is 0.635. The van der Waals surface area contributed by atoms with Crippen LogP contribution >= 0.6 is 0 Å². The van der Waals surface area contributed by atoms with Crippen LogP contribution in [0.4, 0.5) is 0 Å². The lowest BCUT2D eigenvalue weighted by Crippen LogP contribution is -2.48. The Hall–Kier alpha value is -2.70. The minimum absolute atomic E-state index is 0.00871. The zero-order valence-electron chi connectivity index (χ0n) is 19.0. The normalized spacial score (nSPS) is 26.6. The molecule has 7 heteroatoms. The molecule has 2 atom stereocenters. The summed E-state index contributed by atoms with van der Waals surface area (Å²) in [6.07, 6.45) is 5.14. The Labute approximate surface area is 189 Å². The van der Waals surface area contributed by atoms with Crippen molar-refractivity contribution in [1.82, 2.24) is 9.80 Å². The standard InChI is InChI=1S/C25H32N2O5/c1-17(28)18-7-6-12-26(16-18)22(29)14-25(19-8-5-11-21(13-19)32-2)15-23(30)27(24(25)31)20-9-3-4-10-20/h5,8,11,13,18,20H,3-4,6-7,9-10,12,14-16H2,1-2H3/t18-,25+/m0/s1. The summed E-state index contributed by atoms with van der Waals surface area (Å²) in [4.78, 5) is 55.4. The molecule has 1 aromatic carbocycles. The summed E-state index contributed by atoms with van der Waals surface area (Å²) in [6.45, 7) is 2.52. The van der Waals surface area contributed by atoms with Crippen LogP contribution in [0.15, 0.2) is 24.3 Å². The van der Waals surface area contributed by atoms with E-state index in [1.54, 1.807) is 37.1 Å². The van der Waals surface area contributed by atoms with Gasteiger partial charge in [-0.3, -0.25) is 24.1 Å². The Kier molecular flexibility index (Phi) is 6.35. The van der Waals surface area contributed by atoms with Gasteiger partial charge >= 0.3 is 0 Å². The molecule has 3 aliphatic rings. The third kappa shape index (κ3) is 4.05. The second-order valence-electron chi connectivity index (χ2n) is 9.46. The number of likely N-dealkylation sites (tertiary alicyclic amines) is 2. The van der Waals surface area contributed by atoms with E-state index < -0.39 is 5.41 Å². The zero-order valence-corrected chi connectivity index (χ0v) is 19.0. The number of benzene rings is 1. The molecule has 2 heterocycles. The fraction of sp³-hybridized carbons (Fsp3) is 0.600. The van der Waals surface area contributed by atoms with Crippen molar-refractivity contribution in [3.63, 3.8) is 0 Å². The predicted molar refractivity (Wildman–Crippen MR) is 118 cm³/mol. The lowest BCUT2D eigenvalue weighted by atomic mass is 9.75. The Morgan fingerprint density at radius 2 is 1.88 bits per heavy atom. The molecule has 0 aromatic heterocycles. The highest BCUT2D eigenvalue weighted by atomic mass is 16.5. The van der Waals surface area contributed by atoms with Gasteiger partial charge in [0.25, 0.3) is 0 Å². The van der Waals surface area contributed by atoms with Gasteiger partial charge in [0, 0.05) is 37.9 Å². The summed E-state index contributed by atoms with van der Waals surface area (Å²) in [5, 5.41) is 0. The van der Waals surface area contributed by atoms with E-state index in [1.807, 2.05) is 6.07 Å². The van der Waals surface area contributed by atoms with Crippen LogP contribution in [0, 0.1) is 5.92 Å². The molecule has 0 bridgehead atoms. The number of amides is 3. The van der Waals surface area contributed by atoms with Crippen molar-refractivity contribution in [2.45, 2.75) is 69.7 Å². The Morgan fingerprint density at radius 3 is 2.56 bits per heavy atom. The first-order valence-electron chi connectivity index (χ1n) is 11.6. The van der Waals surface area contributed by atoms with E-state index in [2.05, 4.69) is 0 Å². The average molecular weight is 441 g/mol. The molecule has 0 N–H and O–H groups in total. The van der Waals surface area contributed by atoms with Crippen LogP contribution in [-0.4, -0.2) is 59.5 Å². The number of imide groups is 1. The van der Waals surface area contributed by atoms with E-state index in [9.17, 15) is 19.2 Å². The first-order valence-corrected chi connectivity index (χ1v) is 11.6. The molecule has 32 heavy (non-hydrogen) atoms. The van der Waals surface area contributed by atoms with E-state index in [1.165, 1.54) is 4.90 Å². The highest BCUT2D eigenvalue weighted by molar-refractivity contribution is 6.11. The molecular weight excluding hydrogens is 408 g/mol. The zero-order chi connectivity index (χ0) is 22.9. The maximum Gasteiger partial charge on any atom is 0.241 e. The van der Waals surface area contributed by atoms with Gasteiger partial charge in [0.15, 0.2) is 0 Å². The van der Waals surface area contributed by atoms with Gasteiger partial charge < -0.3 is 9.64 Å². The number of nitrogens with zero attached hydrogens (tertiary/aromatic N) is 2. The van der Waals surface area contributed by atoms with Gasteiger partial charge in [0.1, 0.15) is 11.5 Å². The van der Waals surface area contributed by atoms with Gasteiger partial charge in [-0.1, -0.05) is 25.0 Å². The van der Waals surface area contributed by atoms with Crippen molar-refractivity contribution in [3.8, 4) is 5.75 Å². The topological polar surface area (TPSA) is 84.0 Å². The summed E-state index contributed by atoms with van der Waals surface area (Å²) < 4.78 is 5.37. The van der Waals surface area contributed by atoms with E-state index in [-0.39, 0.29) is 48.3 Å². The third-order valence-electron chi connectivity index (χ3n) is 7.46. The summed E-state index contributed by atoms with van der Waals surface area (Å²) in [6, 6.07) is 7.09. The number of Topliss-reactive ketones (excluding diaryl/α,β-unsaturated/α-hetero) is 1. The van der Waals surface area contributed by atoms with Crippen molar-refractivity contribution >= 4 is 23.5 Å². The molecule has 1 aliphatic carbocycles. The number of hydrogen-bond donors (Lipinski definition) is 0. The van der Waals surface area contributed by atoms with Crippen LogP contribution < -0.4 is 4.74 Å². The minimum atomic E-state index is -1.23. The average Bonchev–Trinajstić information content (AvgIpc) is 3.40. The number of rotatable bonds is 6. The number of hydrogen-bond acceptors (Lipinski definition) is 5. The first kappa shape index (κ1) is 22.5. The van der Waals surface area contributed by atoms with Crippen LogP contribution in [0.3, 0.4) is 0 Å². The fourth-order valence-corrected chi connectivity index (χ4v) is 5.59. The number of carbonyl (C=O) groups excluding carboxylic acids is 4. The molecule has 0 spiro atoms. The van der Waals surface area contributed by atoms with Gasteiger partial charge in [0.2, 0.25) is 17.7 Å². The van der Waals surface area contributed by atoms with E-state index in [0.29, 0.717) is 24.4 Å². The number of ketones is 1. The summed E-state index contributed by atoms with van der Waals surface area (Å²) in [5.74, 6) is -0.119. The van der Waals surface area contributed by atoms with Crippen LogP contribution in [0.2, 0.25) is 0 Å². The van der Waals surface area contributed by atoms with Gasteiger partial charge in [-0.15, -0.1) is 0 Å². The second-order valence-corrected chi connectivity index (χ2v) is 9.46. The first-order chi connectivity index (χ1) is 15.4. The molecule has 0 unspecified atom stereocenters. The van der Waals surface area contributed by atoms with Gasteiger partial charge in [-0.25, -0.2) is 0 Å². The van der Waals surface area contributed by atoms with Crippen molar-refractivity contribution in [1.29, 1.82) is 0 Å². The predicted octanol–water partition coefficient (Wildman–Crippen LogP) is 2.85. The molecular formula is C25H32N2O5. The van der Waals surface area contributed by atoms with Crippen molar-refractivity contribution in [2.75, 3.05) is 20.2 Å². The smallest absolute Gasteiger partial charge is 0.241 e. The third-order valence-corrected chi connectivity index (χ3v) is 7.46. The van der Waals surface area contributed by atoms with Crippen LogP contribution in [0.25, 0.3) is 0 Å². The number of methoxy groups -OCH3 is 1. The highest BCUT2D eigenvalue weighted by Crippen LogP contribution is 2.44. The minimum Gasteiger partial charge on any atom is -0.497 e. The summed E-state index contributed by atoms with van der Waals surface area (Å²) >= 11 is 0. The van der Waals surface area contributed by atoms with Gasteiger partial charge in [-0.05, 0) is 50.3 Å². The SMILES string of the molecule is COc1cccc([C@@]2(CC(=O)N3CCC[C@H](C(C)=O)C3)CC(=O)N(C3CCCC3)C2=O)c1. The molecule has 2 saturated heterocycles. The lowest BCUT2D eigenvalue weighted by molar-refractivity contribution is -0.145. The van der Waals surface area contributed by atoms with Crippen LogP contribution in [0.5, 0.6) is 5.75 Å². The van der Waals surface area contributed by atoms with E-state index in [0.717, 1.165) is 38.5 Å². The summed E-state index contributed by atoms with van der Waals surface area (Å²) in [7, 11) is 1.55. The number of carbonyl (C=O) groups is 4. The Balaban J connectivity index is 1.67. The van der Waals surface area contributed by atoms with Gasteiger partial charge in [0.05, 0.1) is 12.5 Å². The van der Waals surface area contributed by atoms with Crippen molar-refractivity contribution < 1.29 is 23.9 Å². The monoisotopic (exact) mass is 440 g/mol. The van der Waals surface area contributed by atoms with Crippen LogP contribution in [0.1, 0.15) is 63.9 Å². The molecule has 0 radical (unpaired) electrons. The molecule has 3 amide bonds. The molecule has 1 aromatic rings. The molecule has 172 valence electrons. The largest absolute Gasteiger partial charge is 0.497 e. The van der Waals surface area contributed by atoms with E-state index >= 15 is 0 Å². The number of piperidine rings is 1. The molecule has 1 saturated carbocycles. The Morgan fingerprint density at radius 1 is 1.12 bits per heavy atom. The molecule has 2 aliphatic heterocycles. The van der Waals surface area contributed by atoms with Crippen molar-refractivity contribution in [2.24, 2.45) is 5.92 Å². The van der Waals surface area contributed by atoms with Crippen LogP contribution in [-0.2, 0) is 24.6 Å². The maximum atomic E-state index is 13.9. The molecule has 4 rings (SSSR count). The van der Waals surface area contributed by atoms with E-state index in [4.69, 9.17) is 4.74 Å². The molecule has 3 fully saturated rings. The number of ether oxygens (including phenoxy) is 1. The fourth-order valence-electron chi connectivity index (χ4n) is 5.59. The lowest BCUT2D eigenvalue weighted by Gasteiger charge is -2.35.